The number of aliphatic imine (C=N–C) groups is 2. The molecule has 0 spiro atoms. The second kappa shape index (κ2) is 12.0. The molecule has 0 N–H and O–H groups in total. The molecule has 0 amide bonds. The summed E-state index contributed by atoms with van der Waals surface area (Å²) in [5, 5.41) is 20.1. The first-order valence-corrected chi connectivity index (χ1v) is 16.1. The zero-order chi connectivity index (χ0) is 34.7. The third kappa shape index (κ3) is 4.86. The molecule has 2 heterocycles. The number of aldehydes is 1. The van der Waals surface area contributed by atoms with E-state index in [1.54, 1.807) is 12.1 Å². The van der Waals surface area contributed by atoms with Crippen LogP contribution in [0.3, 0.4) is 0 Å². The van der Waals surface area contributed by atoms with Gasteiger partial charge in [0, 0.05) is 33.2 Å². The molecule has 4 aromatic rings. The molecule has 0 fully saturated rings. The van der Waals surface area contributed by atoms with Crippen molar-refractivity contribution < 1.29 is 31.9 Å². The summed E-state index contributed by atoms with van der Waals surface area (Å²) in [6.07, 6.45) is 1.59. The van der Waals surface area contributed by atoms with Gasteiger partial charge < -0.3 is 0 Å². The van der Waals surface area contributed by atoms with Crippen LogP contribution in [-0.4, -0.2) is 29.3 Å². The highest BCUT2D eigenvalue weighted by molar-refractivity contribution is 7.26. The minimum atomic E-state index is -1.27. The molecule has 48 heavy (non-hydrogen) atoms. The monoisotopic (exact) mass is 684 g/mol. The quantitative estimate of drug-likeness (QED) is 0.0632. The van der Waals surface area contributed by atoms with E-state index in [9.17, 15) is 42.5 Å². The van der Waals surface area contributed by atoms with E-state index < -0.39 is 45.8 Å². The van der Waals surface area contributed by atoms with Gasteiger partial charge in [0.1, 0.15) is 33.4 Å². The third-order valence-corrected chi connectivity index (χ3v) is 10.9. The van der Waals surface area contributed by atoms with Crippen molar-refractivity contribution in [2.45, 2.75) is 39.0 Å². The first-order chi connectivity index (χ1) is 22.9. The van der Waals surface area contributed by atoms with Crippen molar-refractivity contribution >= 4 is 67.5 Å². The maximum atomic E-state index is 14.2. The molecule has 2 aromatic heterocycles. The van der Waals surface area contributed by atoms with E-state index in [1.807, 2.05) is 26.0 Å². The molecular weight excluding hydrogens is 665 g/mol. The molecule has 2 aliphatic carbocycles. The summed E-state index contributed by atoms with van der Waals surface area (Å²) in [6.45, 7) is 5.44. The summed E-state index contributed by atoms with van der Waals surface area (Å²) in [5.41, 5.74) is -0.460. The number of allylic oxidation sites excluding steroid dienone is 2. The summed E-state index contributed by atoms with van der Waals surface area (Å²) in [4.78, 5) is 48.7. The van der Waals surface area contributed by atoms with Gasteiger partial charge in [-0.05, 0) is 67.3 Å². The first-order valence-electron chi connectivity index (χ1n) is 14.4. The lowest BCUT2D eigenvalue weighted by Crippen LogP contribution is -2.22. The second-order valence-corrected chi connectivity index (χ2v) is 13.1. The minimum Gasteiger partial charge on any atom is -0.298 e. The van der Waals surface area contributed by atoms with Crippen molar-refractivity contribution in [2.24, 2.45) is 9.98 Å². The number of benzene rings is 2. The Morgan fingerprint density at radius 3 is 1.98 bits per heavy atom. The largest absolute Gasteiger partial charge is 0.298 e. The summed E-state index contributed by atoms with van der Waals surface area (Å²) in [5.74, 6) is -6.50. The fourth-order valence-corrected chi connectivity index (χ4v) is 8.73. The van der Waals surface area contributed by atoms with Crippen LogP contribution in [0.4, 0.5) is 27.6 Å². The molecule has 7 nitrogen and oxygen atoms in total. The fourth-order valence-electron chi connectivity index (χ4n) is 6.26. The van der Waals surface area contributed by atoms with E-state index in [1.165, 1.54) is 29.6 Å². The number of fused-ring (bicyclic) bond motifs is 4. The van der Waals surface area contributed by atoms with Crippen LogP contribution in [0.25, 0.3) is 15.3 Å². The Labute approximate surface area is 278 Å². The van der Waals surface area contributed by atoms with Crippen molar-refractivity contribution in [1.82, 2.24) is 0 Å². The van der Waals surface area contributed by atoms with Crippen LogP contribution in [0, 0.1) is 45.9 Å². The van der Waals surface area contributed by atoms with Crippen LogP contribution < -0.4 is 0 Å². The number of carbonyl (C=O) groups excluding carboxylic acids is 3. The van der Waals surface area contributed by atoms with E-state index in [2.05, 4.69) is 9.98 Å². The topological polar surface area (TPSA) is 124 Å². The lowest BCUT2D eigenvalue weighted by Gasteiger charge is -2.27. The molecule has 0 saturated carbocycles. The number of Topliss-reactive ketones (excluding diaryl/α,β-unsaturated/α-hetero) is 2. The number of nitrogens with zero attached hydrogens (tertiary/aromatic N) is 4. The SMILES string of the molecule is CCC1(CC)c2cc(/N=C3\C(=O)c4cc(F)c(F)cc4C3=C(C#N)C#N)sc2-c2sc(/N=C(\C)C(=O)c3cc(F)c(F)cc3C=O)cc21. The zero-order valence-electron chi connectivity index (χ0n) is 25.3. The Hall–Kier alpha value is -5.37. The molecule has 238 valence electrons. The van der Waals surface area contributed by atoms with Gasteiger partial charge in [-0.25, -0.2) is 27.5 Å². The molecule has 6 rings (SSSR count). The van der Waals surface area contributed by atoms with Crippen molar-refractivity contribution in [3.05, 3.63) is 98.6 Å². The molecule has 0 unspecified atom stereocenters. The smallest absolute Gasteiger partial charge is 0.212 e. The fraction of sp³-hybridized carbons (Fsp3) is 0.171. The third-order valence-electron chi connectivity index (χ3n) is 8.68. The highest BCUT2D eigenvalue weighted by atomic mass is 32.1. The van der Waals surface area contributed by atoms with Gasteiger partial charge in [0.05, 0.1) is 15.5 Å². The molecule has 0 atom stereocenters. The maximum Gasteiger partial charge on any atom is 0.212 e. The van der Waals surface area contributed by atoms with E-state index in [4.69, 9.17) is 0 Å². The predicted molar refractivity (Wildman–Crippen MR) is 174 cm³/mol. The molecule has 0 saturated heterocycles. The van der Waals surface area contributed by atoms with Gasteiger partial charge in [-0.15, -0.1) is 22.7 Å². The Kier molecular flexibility index (Phi) is 8.15. The van der Waals surface area contributed by atoms with Crippen LogP contribution in [0.2, 0.25) is 0 Å². The van der Waals surface area contributed by atoms with E-state index >= 15 is 0 Å². The number of nitriles is 2. The number of hydrogen-bond donors (Lipinski definition) is 0. The minimum absolute atomic E-state index is 0.0431. The van der Waals surface area contributed by atoms with Crippen LogP contribution in [0.1, 0.15) is 81.4 Å². The summed E-state index contributed by atoms with van der Waals surface area (Å²) in [7, 11) is 0. The molecule has 2 aromatic carbocycles. The van der Waals surface area contributed by atoms with Crippen molar-refractivity contribution in [2.75, 3.05) is 0 Å². The highest BCUT2D eigenvalue weighted by Crippen LogP contribution is 2.61. The van der Waals surface area contributed by atoms with Crippen molar-refractivity contribution in [1.29, 1.82) is 10.5 Å². The van der Waals surface area contributed by atoms with Gasteiger partial charge in [-0.3, -0.25) is 14.4 Å². The first kappa shape index (κ1) is 32.6. The average Bonchev–Trinajstić information content (AvgIpc) is 3.80. The lowest BCUT2D eigenvalue weighted by atomic mass is 9.75. The molecule has 0 bridgehead atoms. The normalized spacial score (nSPS) is 15.2. The van der Waals surface area contributed by atoms with E-state index in [-0.39, 0.29) is 45.5 Å². The average molecular weight is 685 g/mol. The van der Waals surface area contributed by atoms with E-state index in [0.717, 1.165) is 33.0 Å². The Balaban J connectivity index is 1.45. The van der Waals surface area contributed by atoms with Gasteiger partial charge in [-0.1, -0.05) is 13.8 Å². The standard InChI is InChI=1S/C35H20F4N4O3S2/c1-4-35(5-2)21-10-27(42-15(3)31(45)18-7-24(37)23(36)6-16(18)14-44)47-33(21)34-22(35)11-28(48-34)43-30-29(17(12-40)13-41)19-8-25(38)26(39)9-20(19)32(30)46/h6-11,14H,4-5H2,1-3H3/b42-15+,43-30-. The molecule has 2 aliphatic rings. The Morgan fingerprint density at radius 1 is 0.854 bits per heavy atom. The van der Waals surface area contributed by atoms with Crippen LogP contribution in [0.15, 0.2) is 52.0 Å². The lowest BCUT2D eigenvalue weighted by molar-refractivity contribution is 0.105. The maximum absolute atomic E-state index is 14.2. The highest BCUT2D eigenvalue weighted by Gasteiger charge is 2.44. The van der Waals surface area contributed by atoms with E-state index in [0.29, 0.717) is 35.0 Å². The second-order valence-electron chi connectivity index (χ2n) is 11.0. The van der Waals surface area contributed by atoms with Gasteiger partial charge in [0.15, 0.2) is 29.6 Å². The number of thiophene rings is 2. The zero-order valence-corrected chi connectivity index (χ0v) is 26.9. The Bertz CT molecular complexity index is 2300. The summed E-state index contributed by atoms with van der Waals surface area (Å²) < 4.78 is 55.9. The molecule has 0 aliphatic heterocycles. The van der Waals surface area contributed by atoms with Gasteiger partial charge in [0.2, 0.25) is 11.6 Å². The molecular formula is C35H20F4N4O3S2. The number of halogens is 4. The van der Waals surface area contributed by atoms with Crippen LogP contribution >= 0.6 is 22.7 Å². The van der Waals surface area contributed by atoms with Gasteiger partial charge in [0.25, 0.3) is 0 Å². The number of carbonyl (C=O) groups is 3. The van der Waals surface area contributed by atoms with Crippen LogP contribution in [-0.2, 0) is 5.41 Å². The Morgan fingerprint density at radius 2 is 1.40 bits per heavy atom. The van der Waals surface area contributed by atoms with Crippen molar-refractivity contribution in [3.8, 4) is 21.9 Å². The van der Waals surface area contributed by atoms with Gasteiger partial charge >= 0.3 is 0 Å². The summed E-state index contributed by atoms with van der Waals surface area (Å²) >= 11 is 2.54. The number of hydrogen-bond acceptors (Lipinski definition) is 9. The number of rotatable bonds is 7. The predicted octanol–water partition coefficient (Wildman–Crippen LogP) is 9.01. The van der Waals surface area contributed by atoms with Crippen LogP contribution in [0.5, 0.6) is 0 Å². The molecule has 0 radical (unpaired) electrons. The van der Waals surface area contributed by atoms with Crippen molar-refractivity contribution in [3.63, 3.8) is 0 Å². The van der Waals surface area contributed by atoms with Gasteiger partial charge in [-0.2, -0.15) is 10.5 Å². The number of ketones is 2. The summed E-state index contributed by atoms with van der Waals surface area (Å²) in [6, 6.07) is 9.97. The molecule has 13 heteroatoms.